The highest BCUT2D eigenvalue weighted by molar-refractivity contribution is 5.93. The molecule has 0 spiro atoms. The van der Waals surface area contributed by atoms with Crippen LogP contribution in [0.3, 0.4) is 0 Å². The van der Waals surface area contributed by atoms with Crippen LogP contribution in [0, 0.1) is 5.82 Å². The molecule has 2 heterocycles. The molecule has 5 rings (SSSR count). The molecule has 1 aliphatic rings. The van der Waals surface area contributed by atoms with Gasteiger partial charge in [0.05, 0.1) is 22.2 Å². The second-order valence-electron chi connectivity index (χ2n) is 8.79. The van der Waals surface area contributed by atoms with Gasteiger partial charge in [0.1, 0.15) is 11.5 Å². The van der Waals surface area contributed by atoms with Gasteiger partial charge in [0.2, 0.25) is 0 Å². The Bertz CT molecular complexity index is 1410. The summed E-state index contributed by atoms with van der Waals surface area (Å²) in [5.41, 5.74) is 2.40. The van der Waals surface area contributed by atoms with E-state index in [9.17, 15) is 27.5 Å². The van der Waals surface area contributed by atoms with Gasteiger partial charge in [-0.2, -0.15) is 13.2 Å². The summed E-state index contributed by atoms with van der Waals surface area (Å²) in [6.07, 6.45) is -2.93. The van der Waals surface area contributed by atoms with Gasteiger partial charge in [-0.25, -0.2) is 19.2 Å². The number of hydrogen-bond donors (Lipinski definition) is 1. The number of rotatable bonds is 4. The van der Waals surface area contributed by atoms with Gasteiger partial charge in [-0.15, -0.1) is 0 Å². The lowest BCUT2D eigenvalue weighted by molar-refractivity contribution is -0.137. The highest BCUT2D eigenvalue weighted by atomic mass is 19.4. The van der Waals surface area contributed by atoms with Crippen LogP contribution in [0.4, 0.5) is 23.4 Å². The minimum atomic E-state index is -4.36. The average molecular weight is 495 g/mol. The molecule has 184 valence electrons. The third-order valence-corrected chi connectivity index (χ3v) is 6.51. The summed E-state index contributed by atoms with van der Waals surface area (Å²) in [6, 6.07) is 15.7. The molecule has 0 aliphatic carbocycles. The van der Waals surface area contributed by atoms with Crippen molar-refractivity contribution < 1.29 is 27.5 Å². The first-order valence-electron chi connectivity index (χ1n) is 11.4. The van der Waals surface area contributed by atoms with Crippen LogP contribution in [-0.2, 0) is 6.18 Å². The summed E-state index contributed by atoms with van der Waals surface area (Å²) in [4.78, 5) is 23.0. The van der Waals surface area contributed by atoms with E-state index in [-0.39, 0.29) is 17.3 Å². The molecule has 0 atom stereocenters. The molecular weight excluding hydrogens is 474 g/mol. The predicted octanol–water partition coefficient (Wildman–Crippen LogP) is 6.54. The van der Waals surface area contributed by atoms with Gasteiger partial charge in [0.25, 0.3) is 0 Å². The normalized spacial score (nSPS) is 14.8. The van der Waals surface area contributed by atoms with Crippen LogP contribution in [-0.4, -0.2) is 34.1 Å². The molecule has 0 amide bonds. The summed E-state index contributed by atoms with van der Waals surface area (Å²) in [6.45, 7) is 1.21. The summed E-state index contributed by atoms with van der Waals surface area (Å²) >= 11 is 0. The van der Waals surface area contributed by atoms with Crippen LogP contribution in [0.25, 0.3) is 22.3 Å². The number of benzene rings is 3. The highest BCUT2D eigenvalue weighted by Gasteiger charge is 2.31. The zero-order valence-corrected chi connectivity index (χ0v) is 19.0. The standard InChI is InChI=1S/C27H21F4N3O2/c28-21-8-3-18(4-9-21)24-25(33-22-10-5-19(26(35)36)15-23(22)32-24)34-13-11-17(12-14-34)16-1-6-20(7-2-16)27(29,30)31/h1-10,15,17H,11-14H2,(H,35,36). The zero-order valence-electron chi connectivity index (χ0n) is 19.0. The SMILES string of the molecule is O=C(O)c1ccc2nc(N3CCC(c4ccc(C(F)(F)F)cc4)CC3)c(-c3ccc(F)cc3)nc2c1. The maximum Gasteiger partial charge on any atom is 0.416 e. The summed E-state index contributed by atoms with van der Waals surface area (Å²) in [5.74, 6) is -0.747. The molecular formula is C27H21F4N3O2. The lowest BCUT2D eigenvalue weighted by atomic mass is 9.89. The summed E-state index contributed by atoms with van der Waals surface area (Å²) in [7, 11) is 0. The zero-order chi connectivity index (χ0) is 25.4. The van der Waals surface area contributed by atoms with Crippen LogP contribution >= 0.6 is 0 Å². The number of aromatic carboxylic acids is 1. The van der Waals surface area contributed by atoms with Crippen LogP contribution in [0.5, 0.6) is 0 Å². The van der Waals surface area contributed by atoms with Crippen molar-refractivity contribution in [3.63, 3.8) is 0 Å². The van der Waals surface area contributed by atoms with Gasteiger partial charge >= 0.3 is 12.1 Å². The van der Waals surface area contributed by atoms with Crippen molar-refractivity contribution in [2.24, 2.45) is 0 Å². The first kappa shape index (κ1) is 23.7. The predicted molar refractivity (Wildman–Crippen MR) is 128 cm³/mol. The Morgan fingerprint density at radius 2 is 1.56 bits per heavy atom. The van der Waals surface area contributed by atoms with Gasteiger partial charge in [0, 0.05) is 18.7 Å². The Labute approximate surface area is 204 Å². The van der Waals surface area contributed by atoms with E-state index in [1.54, 1.807) is 30.3 Å². The van der Waals surface area contributed by atoms with Gasteiger partial charge in [-0.05, 0) is 78.9 Å². The molecule has 0 unspecified atom stereocenters. The number of fused-ring (bicyclic) bond motifs is 1. The minimum absolute atomic E-state index is 0.0898. The van der Waals surface area contributed by atoms with E-state index in [2.05, 4.69) is 4.90 Å². The number of anilines is 1. The first-order chi connectivity index (χ1) is 17.2. The number of piperidine rings is 1. The quantitative estimate of drug-likeness (QED) is 0.326. The molecule has 0 radical (unpaired) electrons. The molecule has 9 heteroatoms. The molecule has 1 fully saturated rings. The molecule has 4 aromatic rings. The third kappa shape index (κ3) is 4.73. The van der Waals surface area contributed by atoms with Crippen LogP contribution in [0.2, 0.25) is 0 Å². The molecule has 1 saturated heterocycles. The average Bonchev–Trinajstić information content (AvgIpc) is 2.88. The second-order valence-corrected chi connectivity index (χ2v) is 8.79. The van der Waals surface area contributed by atoms with Crippen molar-refractivity contribution in [2.45, 2.75) is 24.9 Å². The smallest absolute Gasteiger partial charge is 0.416 e. The lowest BCUT2D eigenvalue weighted by Gasteiger charge is -2.34. The fourth-order valence-electron chi connectivity index (χ4n) is 4.57. The maximum absolute atomic E-state index is 13.6. The number of alkyl halides is 3. The number of aromatic nitrogens is 2. The number of carboxylic acid groups (broad SMARTS) is 1. The Hall–Kier alpha value is -4.01. The van der Waals surface area contributed by atoms with E-state index < -0.39 is 17.7 Å². The monoisotopic (exact) mass is 495 g/mol. The molecule has 0 saturated carbocycles. The Balaban J connectivity index is 1.45. The van der Waals surface area contributed by atoms with Gasteiger partial charge in [-0.1, -0.05) is 12.1 Å². The molecule has 1 N–H and O–H groups in total. The van der Waals surface area contributed by atoms with Crippen LogP contribution < -0.4 is 4.90 Å². The fraction of sp³-hybridized carbons (Fsp3) is 0.222. The fourth-order valence-corrected chi connectivity index (χ4v) is 4.57. The molecule has 3 aromatic carbocycles. The van der Waals surface area contributed by atoms with Crippen molar-refractivity contribution in [3.8, 4) is 11.3 Å². The van der Waals surface area contributed by atoms with Gasteiger partial charge in [-0.3, -0.25) is 0 Å². The first-order valence-corrected chi connectivity index (χ1v) is 11.4. The summed E-state index contributed by atoms with van der Waals surface area (Å²) in [5, 5.41) is 9.34. The van der Waals surface area contributed by atoms with E-state index >= 15 is 0 Å². The molecule has 36 heavy (non-hydrogen) atoms. The van der Waals surface area contributed by atoms with Crippen molar-refractivity contribution in [1.29, 1.82) is 0 Å². The second kappa shape index (κ2) is 9.22. The van der Waals surface area contributed by atoms with E-state index in [1.165, 1.54) is 24.3 Å². The number of carbonyl (C=O) groups is 1. The largest absolute Gasteiger partial charge is 0.478 e. The molecule has 1 aromatic heterocycles. The number of nitrogens with zero attached hydrogens (tertiary/aromatic N) is 3. The topological polar surface area (TPSA) is 66.3 Å². The highest BCUT2D eigenvalue weighted by Crippen LogP contribution is 2.36. The minimum Gasteiger partial charge on any atom is -0.478 e. The van der Waals surface area contributed by atoms with Crippen molar-refractivity contribution in [2.75, 3.05) is 18.0 Å². The molecule has 1 aliphatic heterocycles. The van der Waals surface area contributed by atoms with Crippen molar-refractivity contribution in [1.82, 2.24) is 9.97 Å². The van der Waals surface area contributed by atoms with Crippen LogP contribution in [0.15, 0.2) is 66.7 Å². The van der Waals surface area contributed by atoms with Gasteiger partial charge in [0.15, 0.2) is 5.82 Å². The Morgan fingerprint density at radius 3 is 2.17 bits per heavy atom. The Morgan fingerprint density at radius 1 is 0.889 bits per heavy atom. The van der Waals surface area contributed by atoms with E-state index in [0.29, 0.717) is 54.0 Å². The molecule has 0 bridgehead atoms. The maximum atomic E-state index is 13.6. The van der Waals surface area contributed by atoms with Crippen molar-refractivity contribution >= 4 is 22.8 Å². The van der Waals surface area contributed by atoms with Gasteiger partial charge < -0.3 is 10.0 Å². The Kier molecular flexibility index (Phi) is 6.07. The van der Waals surface area contributed by atoms with Crippen LogP contribution in [0.1, 0.15) is 40.2 Å². The number of carboxylic acids is 1. The summed E-state index contributed by atoms with van der Waals surface area (Å²) < 4.78 is 52.3. The molecule has 5 nitrogen and oxygen atoms in total. The van der Waals surface area contributed by atoms with E-state index in [4.69, 9.17) is 9.97 Å². The van der Waals surface area contributed by atoms with E-state index in [1.807, 2.05) is 0 Å². The number of hydrogen-bond acceptors (Lipinski definition) is 4. The van der Waals surface area contributed by atoms with Crippen molar-refractivity contribution in [3.05, 3.63) is 89.2 Å². The third-order valence-electron chi connectivity index (χ3n) is 6.51. The van der Waals surface area contributed by atoms with E-state index in [0.717, 1.165) is 17.7 Å². The lowest BCUT2D eigenvalue weighted by Crippen LogP contribution is -2.34. The number of halogens is 4.